The molecule has 1 aromatic rings. The Hall–Kier alpha value is -1.22. The molecule has 0 unspecified atom stereocenters. The molecule has 2 aliphatic carbocycles. The zero-order valence-electron chi connectivity index (χ0n) is 10.9. The lowest BCUT2D eigenvalue weighted by molar-refractivity contribution is 0.109. The first-order valence-corrected chi connectivity index (χ1v) is 6.86. The van der Waals surface area contributed by atoms with Crippen molar-refractivity contribution in [1.82, 2.24) is 0 Å². The first-order valence-electron chi connectivity index (χ1n) is 6.86. The molecule has 0 spiro atoms. The van der Waals surface area contributed by atoms with Gasteiger partial charge < -0.3 is 15.2 Å². The van der Waals surface area contributed by atoms with Crippen LogP contribution in [0.2, 0.25) is 0 Å². The lowest BCUT2D eigenvalue weighted by Gasteiger charge is -2.40. The number of hydrogen-bond donors (Lipinski definition) is 1. The van der Waals surface area contributed by atoms with Gasteiger partial charge in [0.2, 0.25) is 0 Å². The Balaban J connectivity index is 1.95. The summed E-state index contributed by atoms with van der Waals surface area (Å²) in [4.78, 5) is 0. The summed E-state index contributed by atoms with van der Waals surface area (Å²) in [6.45, 7) is 0. The van der Waals surface area contributed by atoms with Crippen molar-refractivity contribution in [3.8, 4) is 11.5 Å². The number of methoxy groups -OCH3 is 1. The molecule has 0 aliphatic heterocycles. The second-order valence-electron chi connectivity index (χ2n) is 5.52. The molecule has 0 amide bonds. The molecule has 2 aliphatic rings. The van der Waals surface area contributed by atoms with Crippen molar-refractivity contribution in [2.45, 2.75) is 50.2 Å². The standard InChI is InChI=1S/C15H21NO2/c1-17-13-8-3-7-12(15(16)9-4-10-15)14(13)18-11-5-2-6-11/h3,7-8,11H,2,4-6,9-10,16H2,1H3. The van der Waals surface area contributed by atoms with Gasteiger partial charge in [-0.15, -0.1) is 0 Å². The van der Waals surface area contributed by atoms with Crippen LogP contribution in [0.15, 0.2) is 18.2 Å². The highest BCUT2D eigenvalue weighted by Crippen LogP contribution is 2.46. The molecule has 2 saturated carbocycles. The van der Waals surface area contributed by atoms with Crippen molar-refractivity contribution in [3.05, 3.63) is 23.8 Å². The zero-order chi connectivity index (χ0) is 12.6. The molecule has 0 heterocycles. The van der Waals surface area contributed by atoms with Gasteiger partial charge in [-0.3, -0.25) is 0 Å². The first kappa shape index (κ1) is 11.8. The Morgan fingerprint density at radius 3 is 2.50 bits per heavy atom. The molecule has 1 aromatic carbocycles. The summed E-state index contributed by atoms with van der Waals surface area (Å²) in [5.74, 6) is 1.70. The summed E-state index contributed by atoms with van der Waals surface area (Å²) < 4.78 is 11.6. The third-order valence-electron chi connectivity index (χ3n) is 4.32. The SMILES string of the molecule is COc1cccc(C2(N)CCC2)c1OC1CCC1. The quantitative estimate of drug-likeness (QED) is 0.889. The second-order valence-corrected chi connectivity index (χ2v) is 5.52. The fourth-order valence-electron chi connectivity index (χ4n) is 2.67. The van der Waals surface area contributed by atoms with E-state index in [0.717, 1.165) is 42.7 Å². The minimum atomic E-state index is -0.201. The number of hydrogen-bond acceptors (Lipinski definition) is 3. The fourth-order valence-corrected chi connectivity index (χ4v) is 2.67. The maximum Gasteiger partial charge on any atom is 0.166 e. The number of nitrogens with two attached hydrogens (primary N) is 1. The Kier molecular flexibility index (Phi) is 2.94. The van der Waals surface area contributed by atoms with Gasteiger partial charge in [0.25, 0.3) is 0 Å². The van der Waals surface area contributed by atoms with Gasteiger partial charge in [0, 0.05) is 11.1 Å². The highest BCUT2D eigenvalue weighted by atomic mass is 16.5. The van der Waals surface area contributed by atoms with Crippen LogP contribution in [0.25, 0.3) is 0 Å². The van der Waals surface area contributed by atoms with Gasteiger partial charge in [-0.1, -0.05) is 12.1 Å². The van der Waals surface area contributed by atoms with Crippen molar-refractivity contribution in [2.75, 3.05) is 7.11 Å². The van der Waals surface area contributed by atoms with Crippen molar-refractivity contribution in [1.29, 1.82) is 0 Å². The zero-order valence-corrected chi connectivity index (χ0v) is 10.9. The Morgan fingerprint density at radius 2 is 2.00 bits per heavy atom. The molecule has 2 N–H and O–H groups in total. The lowest BCUT2D eigenvalue weighted by atomic mass is 9.72. The molecular formula is C15H21NO2. The Bertz CT molecular complexity index is 436. The summed E-state index contributed by atoms with van der Waals surface area (Å²) >= 11 is 0. The number of para-hydroxylation sites is 1. The van der Waals surface area contributed by atoms with Crippen LogP contribution in [0, 0.1) is 0 Å². The average molecular weight is 247 g/mol. The summed E-state index contributed by atoms with van der Waals surface area (Å²) in [5.41, 5.74) is 7.37. The third kappa shape index (κ3) is 1.87. The van der Waals surface area contributed by atoms with Crippen molar-refractivity contribution in [3.63, 3.8) is 0 Å². The summed E-state index contributed by atoms with van der Waals surface area (Å²) in [5, 5.41) is 0. The van der Waals surface area contributed by atoms with Crippen LogP contribution in [0.5, 0.6) is 11.5 Å². The van der Waals surface area contributed by atoms with E-state index in [9.17, 15) is 0 Å². The monoisotopic (exact) mass is 247 g/mol. The van der Waals surface area contributed by atoms with E-state index < -0.39 is 0 Å². The Labute approximate surface area is 108 Å². The van der Waals surface area contributed by atoms with Crippen molar-refractivity contribution >= 4 is 0 Å². The van der Waals surface area contributed by atoms with Crippen LogP contribution < -0.4 is 15.2 Å². The topological polar surface area (TPSA) is 44.5 Å². The van der Waals surface area contributed by atoms with Gasteiger partial charge in [0.05, 0.1) is 13.2 Å². The van der Waals surface area contributed by atoms with Crippen molar-refractivity contribution in [2.24, 2.45) is 5.73 Å². The molecule has 98 valence electrons. The van der Waals surface area contributed by atoms with Crippen LogP contribution in [0.3, 0.4) is 0 Å². The van der Waals surface area contributed by atoms with Crippen molar-refractivity contribution < 1.29 is 9.47 Å². The smallest absolute Gasteiger partial charge is 0.166 e. The van der Waals surface area contributed by atoms with Gasteiger partial charge in [0.15, 0.2) is 11.5 Å². The molecule has 0 atom stereocenters. The van der Waals surface area contributed by atoms with E-state index in [2.05, 4.69) is 6.07 Å². The summed E-state index contributed by atoms with van der Waals surface area (Å²) in [7, 11) is 1.69. The highest BCUT2D eigenvalue weighted by molar-refractivity contribution is 5.50. The number of rotatable bonds is 4. The van der Waals surface area contributed by atoms with Crippen LogP contribution in [0.4, 0.5) is 0 Å². The predicted molar refractivity (Wildman–Crippen MR) is 71.0 cm³/mol. The molecular weight excluding hydrogens is 226 g/mol. The molecule has 0 radical (unpaired) electrons. The molecule has 2 fully saturated rings. The lowest BCUT2D eigenvalue weighted by Crippen LogP contribution is -2.44. The Morgan fingerprint density at radius 1 is 1.22 bits per heavy atom. The van der Waals surface area contributed by atoms with Gasteiger partial charge in [-0.25, -0.2) is 0 Å². The van der Waals surface area contributed by atoms with E-state index in [-0.39, 0.29) is 5.54 Å². The maximum atomic E-state index is 6.45. The van der Waals surface area contributed by atoms with E-state index in [0.29, 0.717) is 6.10 Å². The van der Waals surface area contributed by atoms with E-state index in [1.54, 1.807) is 7.11 Å². The van der Waals surface area contributed by atoms with Crippen LogP contribution >= 0.6 is 0 Å². The second kappa shape index (κ2) is 4.47. The number of ether oxygens (including phenoxy) is 2. The third-order valence-corrected chi connectivity index (χ3v) is 4.32. The van der Waals surface area contributed by atoms with Gasteiger partial charge in [-0.05, 0) is 44.6 Å². The minimum Gasteiger partial charge on any atom is -0.493 e. The van der Waals surface area contributed by atoms with E-state index in [1.807, 2.05) is 12.1 Å². The van der Waals surface area contributed by atoms with E-state index in [4.69, 9.17) is 15.2 Å². The summed E-state index contributed by atoms with van der Waals surface area (Å²) in [6.07, 6.45) is 7.20. The normalized spacial score (nSPS) is 21.9. The average Bonchev–Trinajstić information content (AvgIpc) is 2.30. The number of benzene rings is 1. The summed E-state index contributed by atoms with van der Waals surface area (Å²) in [6, 6.07) is 6.06. The van der Waals surface area contributed by atoms with Crippen LogP contribution in [-0.4, -0.2) is 13.2 Å². The highest BCUT2D eigenvalue weighted by Gasteiger charge is 2.38. The molecule has 0 saturated heterocycles. The van der Waals surface area contributed by atoms with Gasteiger partial charge in [0.1, 0.15) is 0 Å². The molecule has 0 aromatic heterocycles. The van der Waals surface area contributed by atoms with Gasteiger partial charge >= 0.3 is 0 Å². The predicted octanol–water partition coefficient (Wildman–Crippen LogP) is 2.96. The van der Waals surface area contributed by atoms with Gasteiger partial charge in [-0.2, -0.15) is 0 Å². The van der Waals surface area contributed by atoms with E-state index >= 15 is 0 Å². The molecule has 3 rings (SSSR count). The van der Waals surface area contributed by atoms with Crippen LogP contribution in [0.1, 0.15) is 44.1 Å². The fraction of sp³-hybridized carbons (Fsp3) is 0.600. The van der Waals surface area contributed by atoms with Crippen LogP contribution in [-0.2, 0) is 5.54 Å². The van der Waals surface area contributed by atoms with E-state index in [1.165, 1.54) is 12.8 Å². The molecule has 0 bridgehead atoms. The molecule has 18 heavy (non-hydrogen) atoms. The molecule has 3 heteroatoms. The maximum absolute atomic E-state index is 6.45. The largest absolute Gasteiger partial charge is 0.493 e. The first-order chi connectivity index (χ1) is 8.73. The minimum absolute atomic E-state index is 0.201. The molecule has 3 nitrogen and oxygen atoms in total.